The Balaban J connectivity index is 2.51. The van der Waals surface area contributed by atoms with Crippen molar-refractivity contribution in [3.63, 3.8) is 0 Å². The molecule has 2 aromatic rings. The topological polar surface area (TPSA) is 77.2 Å². The molecule has 0 bridgehead atoms. The molecule has 6 nitrogen and oxygen atoms in total. The van der Waals surface area contributed by atoms with Crippen LogP contribution >= 0.6 is 11.6 Å². The van der Waals surface area contributed by atoms with E-state index >= 15 is 0 Å². The van der Waals surface area contributed by atoms with Gasteiger partial charge in [-0.15, -0.1) is 5.10 Å². The summed E-state index contributed by atoms with van der Waals surface area (Å²) in [7, 11) is 1.50. The molecular weight excluding hydrogens is 258 g/mol. The number of benzene rings is 1. The van der Waals surface area contributed by atoms with E-state index in [-0.39, 0.29) is 5.82 Å². The maximum Gasteiger partial charge on any atom is 0.375 e. The molecule has 0 unspecified atom stereocenters. The van der Waals surface area contributed by atoms with Gasteiger partial charge in [0.15, 0.2) is 0 Å². The number of halogens is 1. The number of carbonyl (C=O) groups is 1. The molecule has 0 aliphatic carbocycles. The number of hydrogen-bond donors (Lipinski definition) is 1. The van der Waals surface area contributed by atoms with Gasteiger partial charge in [-0.2, -0.15) is 0 Å². The number of aryl methyl sites for hydroxylation is 1. The van der Waals surface area contributed by atoms with Crippen LogP contribution in [0.5, 0.6) is 5.75 Å². The third kappa shape index (κ3) is 2.14. The number of methoxy groups -OCH3 is 1. The maximum absolute atomic E-state index is 10.8. The predicted molar refractivity (Wildman–Crippen MR) is 64.6 cm³/mol. The van der Waals surface area contributed by atoms with Crippen LogP contribution in [0.4, 0.5) is 0 Å². The minimum Gasteiger partial charge on any atom is -0.495 e. The first kappa shape index (κ1) is 12.4. The number of rotatable bonds is 3. The van der Waals surface area contributed by atoms with Crippen molar-refractivity contribution in [2.45, 2.75) is 6.92 Å². The fraction of sp³-hybridized carbons (Fsp3) is 0.182. The summed E-state index contributed by atoms with van der Waals surface area (Å²) in [6.07, 6.45) is 0. The molecule has 1 aromatic heterocycles. The third-order valence-electron chi connectivity index (χ3n) is 2.34. The highest BCUT2D eigenvalue weighted by Crippen LogP contribution is 2.26. The third-order valence-corrected chi connectivity index (χ3v) is 2.65. The highest BCUT2D eigenvalue weighted by atomic mass is 35.5. The summed E-state index contributed by atoms with van der Waals surface area (Å²) in [6, 6.07) is 5.02. The first-order valence-electron chi connectivity index (χ1n) is 5.04. The molecule has 94 valence electrons. The van der Waals surface area contributed by atoms with Crippen molar-refractivity contribution in [2.24, 2.45) is 0 Å². The standard InChI is InChI=1S/C11H10ClN3O3/c1-6-13-10(11(16)17)14-15(6)7-3-4-8(12)9(5-7)18-2/h3-5H,1-2H3,(H,16,17). The van der Waals surface area contributed by atoms with Crippen LogP contribution in [-0.2, 0) is 0 Å². The Hall–Kier alpha value is -2.08. The van der Waals surface area contributed by atoms with Gasteiger partial charge in [0.25, 0.3) is 5.82 Å². The Kier molecular flexibility index (Phi) is 3.20. The molecule has 0 saturated heterocycles. The minimum atomic E-state index is -1.17. The van der Waals surface area contributed by atoms with Gasteiger partial charge >= 0.3 is 5.97 Å². The van der Waals surface area contributed by atoms with Crippen molar-refractivity contribution in [1.29, 1.82) is 0 Å². The lowest BCUT2D eigenvalue weighted by molar-refractivity contribution is 0.0683. The first-order chi connectivity index (χ1) is 8.52. The van der Waals surface area contributed by atoms with Crippen molar-refractivity contribution in [1.82, 2.24) is 14.8 Å². The number of ether oxygens (including phenoxy) is 1. The fourth-order valence-corrected chi connectivity index (χ4v) is 1.70. The molecule has 0 radical (unpaired) electrons. The second-order valence-corrected chi connectivity index (χ2v) is 3.93. The van der Waals surface area contributed by atoms with Gasteiger partial charge < -0.3 is 9.84 Å². The van der Waals surface area contributed by atoms with Crippen molar-refractivity contribution in [2.75, 3.05) is 7.11 Å². The lowest BCUT2D eigenvalue weighted by Gasteiger charge is -2.07. The van der Waals surface area contributed by atoms with Crippen LogP contribution in [-0.4, -0.2) is 33.0 Å². The summed E-state index contributed by atoms with van der Waals surface area (Å²) in [5.74, 6) is -0.461. The molecule has 0 aliphatic heterocycles. The number of aromatic nitrogens is 3. The molecule has 0 fully saturated rings. The van der Waals surface area contributed by atoms with E-state index in [4.69, 9.17) is 21.4 Å². The molecule has 0 aliphatic rings. The second-order valence-electron chi connectivity index (χ2n) is 3.52. The zero-order chi connectivity index (χ0) is 13.3. The number of aromatic carboxylic acids is 1. The predicted octanol–water partition coefficient (Wildman–Crippen LogP) is 1.94. The summed E-state index contributed by atoms with van der Waals surface area (Å²) in [5, 5.41) is 13.2. The van der Waals surface area contributed by atoms with E-state index in [0.29, 0.717) is 22.3 Å². The number of nitrogens with zero attached hydrogens (tertiary/aromatic N) is 3. The summed E-state index contributed by atoms with van der Waals surface area (Å²) >= 11 is 5.91. The van der Waals surface area contributed by atoms with Crippen molar-refractivity contribution < 1.29 is 14.6 Å². The molecule has 1 heterocycles. The summed E-state index contributed by atoms with van der Waals surface area (Å²) in [6.45, 7) is 1.67. The Bertz CT molecular complexity index is 610. The average Bonchev–Trinajstić information content (AvgIpc) is 2.72. The van der Waals surface area contributed by atoms with Gasteiger partial charge in [-0.05, 0) is 19.1 Å². The summed E-state index contributed by atoms with van der Waals surface area (Å²) < 4.78 is 6.51. The van der Waals surface area contributed by atoms with E-state index < -0.39 is 5.97 Å². The van der Waals surface area contributed by atoms with Crippen LogP contribution in [0.1, 0.15) is 16.4 Å². The van der Waals surface area contributed by atoms with Crippen LogP contribution in [0.2, 0.25) is 5.02 Å². The monoisotopic (exact) mass is 267 g/mol. The molecule has 1 aromatic carbocycles. The SMILES string of the molecule is COc1cc(-n2nc(C(=O)O)nc2C)ccc1Cl. The van der Waals surface area contributed by atoms with E-state index in [2.05, 4.69) is 10.1 Å². The van der Waals surface area contributed by atoms with E-state index in [1.165, 1.54) is 11.8 Å². The van der Waals surface area contributed by atoms with Crippen LogP contribution in [0.3, 0.4) is 0 Å². The average molecular weight is 268 g/mol. The molecule has 0 saturated carbocycles. The van der Waals surface area contributed by atoms with Gasteiger partial charge in [0.05, 0.1) is 17.8 Å². The van der Waals surface area contributed by atoms with E-state index in [1.807, 2.05) is 0 Å². The van der Waals surface area contributed by atoms with Gasteiger partial charge in [-0.3, -0.25) is 0 Å². The van der Waals surface area contributed by atoms with Gasteiger partial charge in [0.1, 0.15) is 11.6 Å². The summed E-state index contributed by atoms with van der Waals surface area (Å²) in [5.41, 5.74) is 0.633. The van der Waals surface area contributed by atoms with Gasteiger partial charge in [0.2, 0.25) is 0 Å². The normalized spacial score (nSPS) is 10.4. The Morgan fingerprint density at radius 1 is 1.50 bits per heavy atom. The van der Waals surface area contributed by atoms with Crippen LogP contribution in [0, 0.1) is 6.92 Å². The molecule has 7 heteroatoms. The molecule has 0 amide bonds. The van der Waals surface area contributed by atoms with Crippen LogP contribution in [0.25, 0.3) is 5.69 Å². The minimum absolute atomic E-state index is 0.249. The van der Waals surface area contributed by atoms with Gasteiger partial charge in [0, 0.05) is 6.07 Å². The zero-order valence-corrected chi connectivity index (χ0v) is 10.5. The zero-order valence-electron chi connectivity index (χ0n) is 9.72. The van der Waals surface area contributed by atoms with Crippen molar-refractivity contribution in [3.05, 3.63) is 34.9 Å². The highest BCUT2D eigenvalue weighted by molar-refractivity contribution is 6.32. The fourth-order valence-electron chi connectivity index (χ4n) is 1.51. The van der Waals surface area contributed by atoms with Crippen LogP contribution < -0.4 is 4.74 Å². The maximum atomic E-state index is 10.8. The molecule has 2 rings (SSSR count). The van der Waals surface area contributed by atoms with Gasteiger partial charge in [-0.1, -0.05) is 11.6 Å². The van der Waals surface area contributed by atoms with E-state index in [9.17, 15) is 4.79 Å². The molecule has 0 spiro atoms. The lowest BCUT2D eigenvalue weighted by Crippen LogP contribution is -2.02. The summed E-state index contributed by atoms with van der Waals surface area (Å²) in [4.78, 5) is 14.6. The Morgan fingerprint density at radius 2 is 2.22 bits per heavy atom. The van der Waals surface area contributed by atoms with Crippen molar-refractivity contribution in [3.8, 4) is 11.4 Å². The number of carboxylic acids is 1. The van der Waals surface area contributed by atoms with Crippen molar-refractivity contribution >= 4 is 17.6 Å². The Labute approximate surface area is 108 Å². The largest absolute Gasteiger partial charge is 0.495 e. The van der Waals surface area contributed by atoms with E-state index in [1.54, 1.807) is 25.1 Å². The Morgan fingerprint density at radius 3 is 2.78 bits per heavy atom. The van der Waals surface area contributed by atoms with Gasteiger partial charge in [-0.25, -0.2) is 14.5 Å². The first-order valence-corrected chi connectivity index (χ1v) is 5.41. The quantitative estimate of drug-likeness (QED) is 0.919. The van der Waals surface area contributed by atoms with Crippen LogP contribution in [0.15, 0.2) is 18.2 Å². The highest BCUT2D eigenvalue weighted by Gasteiger charge is 2.14. The number of hydrogen-bond acceptors (Lipinski definition) is 4. The second kappa shape index (κ2) is 4.66. The smallest absolute Gasteiger partial charge is 0.375 e. The molecular formula is C11H10ClN3O3. The van der Waals surface area contributed by atoms with E-state index in [0.717, 1.165) is 0 Å². The lowest BCUT2D eigenvalue weighted by atomic mass is 10.3. The molecule has 1 N–H and O–H groups in total. The molecule has 0 atom stereocenters. The molecule has 18 heavy (non-hydrogen) atoms. The number of carboxylic acid groups (broad SMARTS) is 1.